The van der Waals surface area contributed by atoms with Crippen LogP contribution in [0.25, 0.3) is 0 Å². The highest BCUT2D eigenvalue weighted by Gasteiger charge is 2.13. The Balaban J connectivity index is 2.23. The fraction of sp³-hybridized carbons (Fsp3) is 0.267. The Morgan fingerprint density at radius 1 is 1.22 bits per heavy atom. The van der Waals surface area contributed by atoms with Crippen molar-refractivity contribution >= 4 is 0 Å². The molecule has 0 saturated carbocycles. The topological polar surface area (TPSA) is 45.2 Å². The van der Waals surface area contributed by atoms with Crippen molar-refractivity contribution < 1.29 is 5.11 Å². The number of hydrogen-bond donors (Lipinski definition) is 2. The Bertz CT molecular complexity index is 485. The molecule has 94 valence electrons. The SMILES string of the molecule is CNC(Cc1ccccc1)c1ccncc1CO. The minimum Gasteiger partial charge on any atom is -0.392 e. The fourth-order valence-corrected chi connectivity index (χ4v) is 2.13. The molecule has 0 aliphatic rings. The summed E-state index contributed by atoms with van der Waals surface area (Å²) in [6.07, 6.45) is 4.39. The Hall–Kier alpha value is -1.71. The van der Waals surface area contributed by atoms with Gasteiger partial charge >= 0.3 is 0 Å². The van der Waals surface area contributed by atoms with Crippen LogP contribution in [0.5, 0.6) is 0 Å². The van der Waals surface area contributed by atoms with Gasteiger partial charge in [-0.2, -0.15) is 0 Å². The lowest BCUT2D eigenvalue weighted by Gasteiger charge is -2.19. The monoisotopic (exact) mass is 242 g/mol. The molecule has 1 heterocycles. The standard InChI is InChI=1S/C15H18N2O/c1-16-15(9-12-5-3-2-4-6-12)14-7-8-17-10-13(14)11-18/h2-8,10,15-16,18H,9,11H2,1H3. The molecule has 0 radical (unpaired) electrons. The second kappa shape index (κ2) is 6.28. The molecule has 2 aromatic rings. The van der Waals surface area contributed by atoms with E-state index in [0.29, 0.717) is 0 Å². The first kappa shape index (κ1) is 12.7. The van der Waals surface area contributed by atoms with Gasteiger partial charge in [-0.05, 0) is 30.7 Å². The summed E-state index contributed by atoms with van der Waals surface area (Å²) < 4.78 is 0. The van der Waals surface area contributed by atoms with Crippen LogP contribution in [0.3, 0.4) is 0 Å². The van der Waals surface area contributed by atoms with Crippen LogP contribution in [0.1, 0.15) is 22.7 Å². The van der Waals surface area contributed by atoms with Gasteiger partial charge in [0.1, 0.15) is 0 Å². The number of likely N-dealkylation sites (N-methyl/N-ethyl adjacent to an activating group) is 1. The number of nitrogens with one attached hydrogen (secondary N) is 1. The van der Waals surface area contributed by atoms with E-state index in [0.717, 1.165) is 17.5 Å². The second-order valence-corrected chi connectivity index (χ2v) is 4.26. The van der Waals surface area contributed by atoms with E-state index >= 15 is 0 Å². The number of aliphatic hydroxyl groups is 1. The zero-order valence-corrected chi connectivity index (χ0v) is 10.5. The smallest absolute Gasteiger partial charge is 0.0700 e. The summed E-state index contributed by atoms with van der Waals surface area (Å²) in [5, 5.41) is 12.7. The van der Waals surface area contributed by atoms with Crippen molar-refractivity contribution in [3.63, 3.8) is 0 Å². The molecule has 0 bridgehead atoms. The van der Waals surface area contributed by atoms with Crippen molar-refractivity contribution in [2.75, 3.05) is 7.05 Å². The van der Waals surface area contributed by atoms with Gasteiger partial charge in [0, 0.05) is 24.0 Å². The highest BCUT2D eigenvalue weighted by atomic mass is 16.3. The van der Waals surface area contributed by atoms with Crippen LogP contribution in [-0.4, -0.2) is 17.1 Å². The zero-order valence-electron chi connectivity index (χ0n) is 10.5. The van der Waals surface area contributed by atoms with Gasteiger partial charge in [-0.3, -0.25) is 4.98 Å². The zero-order chi connectivity index (χ0) is 12.8. The average molecular weight is 242 g/mol. The summed E-state index contributed by atoms with van der Waals surface area (Å²) >= 11 is 0. The normalized spacial score (nSPS) is 12.3. The van der Waals surface area contributed by atoms with Crippen LogP contribution < -0.4 is 5.32 Å². The minimum atomic E-state index is 0.0240. The Labute approximate surface area is 108 Å². The van der Waals surface area contributed by atoms with Crippen molar-refractivity contribution in [3.05, 3.63) is 65.5 Å². The summed E-state index contributed by atoms with van der Waals surface area (Å²) in [4.78, 5) is 4.05. The highest BCUT2D eigenvalue weighted by Crippen LogP contribution is 2.21. The maximum absolute atomic E-state index is 9.36. The van der Waals surface area contributed by atoms with Gasteiger partial charge < -0.3 is 10.4 Å². The molecule has 0 aliphatic heterocycles. The molecule has 3 nitrogen and oxygen atoms in total. The van der Waals surface area contributed by atoms with Crippen molar-refractivity contribution in [3.8, 4) is 0 Å². The lowest BCUT2D eigenvalue weighted by atomic mass is 9.96. The van der Waals surface area contributed by atoms with E-state index in [1.165, 1.54) is 5.56 Å². The number of pyridine rings is 1. The third-order valence-electron chi connectivity index (χ3n) is 3.12. The van der Waals surface area contributed by atoms with Gasteiger partial charge in [0.05, 0.1) is 6.61 Å². The van der Waals surface area contributed by atoms with E-state index in [4.69, 9.17) is 0 Å². The molecule has 2 N–H and O–H groups in total. The van der Waals surface area contributed by atoms with Gasteiger partial charge in [0.25, 0.3) is 0 Å². The summed E-state index contributed by atoms with van der Waals surface area (Å²) in [5.74, 6) is 0. The van der Waals surface area contributed by atoms with Crippen LogP contribution in [0.2, 0.25) is 0 Å². The van der Waals surface area contributed by atoms with Crippen molar-refractivity contribution in [2.24, 2.45) is 0 Å². The van der Waals surface area contributed by atoms with E-state index in [9.17, 15) is 5.11 Å². The number of aromatic nitrogens is 1. The molecular formula is C15H18N2O. The molecule has 1 unspecified atom stereocenters. The number of nitrogens with zero attached hydrogens (tertiary/aromatic N) is 1. The number of hydrogen-bond acceptors (Lipinski definition) is 3. The molecule has 1 atom stereocenters. The first-order chi connectivity index (χ1) is 8.85. The quantitative estimate of drug-likeness (QED) is 0.843. The third-order valence-corrected chi connectivity index (χ3v) is 3.12. The molecule has 1 aromatic heterocycles. The summed E-state index contributed by atoms with van der Waals surface area (Å²) in [6.45, 7) is 0.0240. The fourth-order valence-electron chi connectivity index (χ4n) is 2.13. The molecular weight excluding hydrogens is 224 g/mol. The summed E-state index contributed by atoms with van der Waals surface area (Å²) in [5.41, 5.74) is 3.27. The summed E-state index contributed by atoms with van der Waals surface area (Å²) in [6, 6.07) is 12.5. The molecule has 0 saturated heterocycles. The van der Waals surface area contributed by atoms with Crippen LogP contribution in [0.4, 0.5) is 0 Å². The molecule has 0 spiro atoms. The Kier molecular flexibility index (Phi) is 4.45. The van der Waals surface area contributed by atoms with Crippen LogP contribution in [0, 0.1) is 0 Å². The van der Waals surface area contributed by atoms with Gasteiger partial charge in [0.2, 0.25) is 0 Å². The first-order valence-electron chi connectivity index (χ1n) is 6.10. The lowest BCUT2D eigenvalue weighted by Crippen LogP contribution is -2.20. The molecule has 3 heteroatoms. The summed E-state index contributed by atoms with van der Waals surface area (Å²) in [7, 11) is 1.94. The van der Waals surface area contributed by atoms with Crippen molar-refractivity contribution in [1.29, 1.82) is 0 Å². The number of aliphatic hydroxyl groups excluding tert-OH is 1. The maximum Gasteiger partial charge on any atom is 0.0700 e. The van der Waals surface area contributed by atoms with Gasteiger partial charge in [-0.25, -0.2) is 0 Å². The largest absolute Gasteiger partial charge is 0.392 e. The second-order valence-electron chi connectivity index (χ2n) is 4.26. The Morgan fingerprint density at radius 2 is 2.00 bits per heavy atom. The minimum absolute atomic E-state index is 0.0240. The maximum atomic E-state index is 9.36. The van der Waals surface area contributed by atoms with Crippen LogP contribution >= 0.6 is 0 Å². The van der Waals surface area contributed by atoms with E-state index in [-0.39, 0.29) is 12.6 Å². The first-order valence-corrected chi connectivity index (χ1v) is 6.10. The number of rotatable bonds is 5. The lowest BCUT2D eigenvalue weighted by molar-refractivity contribution is 0.279. The highest BCUT2D eigenvalue weighted by molar-refractivity contribution is 5.28. The molecule has 0 fully saturated rings. The van der Waals surface area contributed by atoms with E-state index in [1.807, 2.05) is 31.3 Å². The third kappa shape index (κ3) is 2.94. The molecule has 18 heavy (non-hydrogen) atoms. The average Bonchev–Trinajstić information content (AvgIpc) is 2.46. The predicted molar refractivity (Wildman–Crippen MR) is 72.1 cm³/mol. The number of benzene rings is 1. The van der Waals surface area contributed by atoms with Crippen molar-refractivity contribution in [2.45, 2.75) is 19.1 Å². The Morgan fingerprint density at radius 3 is 2.67 bits per heavy atom. The van der Waals surface area contributed by atoms with Gasteiger partial charge in [-0.1, -0.05) is 30.3 Å². The molecule has 0 amide bonds. The van der Waals surface area contributed by atoms with Gasteiger partial charge in [0.15, 0.2) is 0 Å². The molecule has 0 aliphatic carbocycles. The molecule has 1 aromatic carbocycles. The van der Waals surface area contributed by atoms with E-state index in [1.54, 1.807) is 12.4 Å². The van der Waals surface area contributed by atoms with Gasteiger partial charge in [-0.15, -0.1) is 0 Å². The van der Waals surface area contributed by atoms with E-state index < -0.39 is 0 Å². The predicted octanol–water partition coefficient (Wildman–Crippen LogP) is 2.08. The van der Waals surface area contributed by atoms with Crippen LogP contribution in [-0.2, 0) is 13.0 Å². The van der Waals surface area contributed by atoms with Crippen LogP contribution in [0.15, 0.2) is 48.8 Å². The van der Waals surface area contributed by atoms with E-state index in [2.05, 4.69) is 22.4 Å². The van der Waals surface area contributed by atoms with Crippen molar-refractivity contribution in [1.82, 2.24) is 10.3 Å². The molecule has 2 rings (SSSR count).